The van der Waals surface area contributed by atoms with Crippen LogP contribution < -0.4 is 0 Å². The van der Waals surface area contributed by atoms with E-state index in [9.17, 15) is 4.79 Å². The first-order valence-corrected chi connectivity index (χ1v) is 8.08. The van der Waals surface area contributed by atoms with Gasteiger partial charge in [-0.2, -0.15) is 0 Å². The highest BCUT2D eigenvalue weighted by Crippen LogP contribution is 2.50. The monoisotopic (exact) mass is 287 g/mol. The number of hydrogen-bond acceptors (Lipinski definition) is 2. The Hall–Kier alpha value is -1.35. The fraction of sp³-hybridized carbons (Fsp3) is 0.611. The highest BCUT2D eigenvalue weighted by molar-refractivity contribution is 5.86. The molecule has 1 saturated heterocycles. The minimum atomic E-state index is -0.117. The molecule has 114 valence electrons. The molecule has 1 aliphatic carbocycles. The average molecular weight is 287 g/mol. The lowest BCUT2D eigenvalue weighted by atomic mass is 9.95. The molecule has 0 spiro atoms. The van der Waals surface area contributed by atoms with Gasteiger partial charge in [0.05, 0.1) is 17.6 Å². The molecule has 0 bridgehead atoms. The minimum Gasteiger partial charge on any atom is -0.374 e. The molecule has 0 N–H and O–H groups in total. The van der Waals surface area contributed by atoms with Crippen molar-refractivity contribution in [1.82, 2.24) is 4.90 Å². The lowest BCUT2D eigenvalue weighted by Gasteiger charge is -2.23. The molecule has 0 radical (unpaired) electrons. The van der Waals surface area contributed by atoms with Crippen LogP contribution in [0.4, 0.5) is 0 Å². The van der Waals surface area contributed by atoms with Gasteiger partial charge in [0.15, 0.2) is 0 Å². The summed E-state index contributed by atoms with van der Waals surface area (Å²) in [6.45, 7) is 5.74. The smallest absolute Gasteiger partial charge is 0.229 e. The molecule has 3 nitrogen and oxygen atoms in total. The van der Waals surface area contributed by atoms with Gasteiger partial charge in [0.2, 0.25) is 5.91 Å². The zero-order valence-electron chi connectivity index (χ0n) is 13.0. The molecule has 1 amide bonds. The van der Waals surface area contributed by atoms with Crippen molar-refractivity contribution in [2.45, 2.75) is 51.7 Å². The van der Waals surface area contributed by atoms with Gasteiger partial charge in [0.1, 0.15) is 0 Å². The highest BCUT2D eigenvalue weighted by atomic mass is 16.5. The minimum absolute atomic E-state index is 0.117. The maximum absolute atomic E-state index is 12.8. The van der Waals surface area contributed by atoms with E-state index < -0.39 is 0 Å². The molecule has 21 heavy (non-hydrogen) atoms. The van der Waals surface area contributed by atoms with Crippen molar-refractivity contribution >= 4 is 5.91 Å². The van der Waals surface area contributed by atoms with Crippen LogP contribution in [-0.4, -0.2) is 36.1 Å². The van der Waals surface area contributed by atoms with Crippen LogP contribution in [0.5, 0.6) is 0 Å². The van der Waals surface area contributed by atoms with Gasteiger partial charge < -0.3 is 9.64 Å². The average Bonchev–Trinajstić information content (AvgIpc) is 3.09. The van der Waals surface area contributed by atoms with Crippen LogP contribution in [-0.2, 0) is 16.0 Å². The Bertz CT molecular complexity index is 493. The Morgan fingerprint density at radius 3 is 2.67 bits per heavy atom. The molecule has 3 rings (SSSR count). The third-order valence-electron chi connectivity index (χ3n) is 4.59. The third-order valence-corrected chi connectivity index (χ3v) is 4.59. The van der Waals surface area contributed by atoms with Gasteiger partial charge in [0, 0.05) is 13.1 Å². The van der Waals surface area contributed by atoms with Crippen LogP contribution in [0.2, 0.25) is 0 Å². The van der Waals surface area contributed by atoms with Gasteiger partial charge in [-0.25, -0.2) is 0 Å². The van der Waals surface area contributed by atoms with E-state index in [-0.39, 0.29) is 17.6 Å². The second-order valence-corrected chi connectivity index (χ2v) is 6.79. The summed E-state index contributed by atoms with van der Waals surface area (Å²) < 4.78 is 5.85. The molecular weight excluding hydrogens is 262 g/mol. The lowest BCUT2D eigenvalue weighted by molar-refractivity contribution is -0.136. The molecule has 1 aromatic rings. The maximum Gasteiger partial charge on any atom is 0.229 e. The van der Waals surface area contributed by atoms with Crippen LogP contribution in [0, 0.1) is 5.41 Å². The van der Waals surface area contributed by atoms with Crippen LogP contribution >= 0.6 is 0 Å². The number of ether oxygens (including phenoxy) is 1. The quantitative estimate of drug-likeness (QED) is 0.833. The third kappa shape index (κ3) is 3.29. The van der Waals surface area contributed by atoms with Crippen LogP contribution in [0.1, 0.15) is 38.7 Å². The second-order valence-electron chi connectivity index (χ2n) is 6.79. The molecule has 1 saturated carbocycles. The van der Waals surface area contributed by atoms with Crippen LogP contribution in [0.25, 0.3) is 0 Å². The summed E-state index contributed by atoms with van der Waals surface area (Å²) in [5.41, 5.74) is 1.16. The Labute approximate surface area is 127 Å². The number of nitrogens with zero attached hydrogens (tertiary/aromatic N) is 1. The molecular formula is C18H25NO2. The molecule has 1 heterocycles. The van der Waals surface area contributed by atoms with Crippen molar-refractivity contribution in [3.05, 3.63) is 35.9 Å². The summed E-state index contributed by atoms with van der Waals surface area (Å²) in [6, 6.07) is 10.4. The van der Waals surface area contributed by atoms with E-state index in [4.69, 9.17) is 4.74 Å². The number of amides is 1. The van der Waals surface area contributed by atoms with Crippen molar-refractivity contribution < 1.29 is 9.53 Å². The Morgan fingerprint density at radius 2 is 2.05 bits per heavy atom. The first-order chi connectivity index (χ1) is 10.1. The molecule has 2 aliphatic rings. The van der Waals surface area contributed by atoms with Gasteiger partial charge in [-0.1, -0.05) is 30.3 Å². The zero-order chi connectivity index (χ0) is 14.9. The summed E-state index contributed by atoms with van der Waals surface area (Å²) in [6.07, 6.45) is 4.40. The summed E-state index contributed by atoms with van der Waals surface area (Å²) in [4.78, 5) is 14.9. The summed E-state index contributed by atoms with van der Waals surface area (Å²) >= 11 is 0. The number of rotatable bonds is 5. The highest BCUT2D eigenvalue weighted by Gasteiger charge is 2.52. The number of benzene rings is 1. The van der Waals surface area contributed by atoms with Crippen molar-refractivity contribution in [2.75, 3.05) is 13.1 Å². The van der Waals surface area contributed by atoms with Gasteiger partial charge >= 0.3 is 0 Å². The van der Waals surface area contributed by atoms with E-state index in [1.165, 1.54) is 5.56 Å². The number of carbonyl (C=O) groups excluding carboxylic acids is 1. The molecule has 2 fully saturated rings. The fourth-order valence-corrected chi connectivity index (χ4v) is 3.35. The summed E-state index contributed by atoms with van der Waals surface area (Å²) in [7, 11) is 0. The van der Waals surface area contributed by atoms with E-state index >= 15 is 0 Å². The number of carbonyl (C=O) groups is 1. The van der Waals surface area contributed by atoms with E-state index in [1.807, 2.05) is 11.0 Å². The van der Waals surface area contributed by atoms with Crippen molar-refractivity contribution in [1.29, 1.82) is 0 Å². The first-order valence-electron chi connectivity index (χ1n) is 8.08. The second kappa shape index (κ2) is 5.80. The van der Waals surface area contributed by atoms with Crippen molar-refractivity contribution in [3.63, 3.8) is 0 Å². The van der Waals surface area contributed by atoms with Gasteiger partial charge in [0.25, 0.3) is 0 Å². The summed E-state index contributed by atoms with van der Waals surface area (Å²) in [5, 5.41) is 0. The standard InChI is InChI=1S/C18H25NO2/c1-14(2)21-16-8-11-19(13-16)17(20)18(9-10-18)12-15-6-4-3-5-7-15/h3-7,14,16H,8-13H2,1-2H3/t16-/m1/s1. The van der Waals surface area contributed by atoms with E-state index in [1.54, 1.807) is 0 Å². The zero-order valence-corrected chi connectivity index (χ0v) is 13.0. The SMILES string of the molecule is CC(C)O[C@@H]1CCN(C(=O)C2(Cc3ccccc3)CC2)C1. The van der Waals surface area contributed by atoms with Crippen LogP contribution in [0.3, 0.4) is 0 Å². The number of likely N-dealkylation sites (tertiary alicyclic amines) is 1. The van der Waals surface area contributed by atoms with E-state index in [0.717, 1.165) is 38.8 Å². The fourth-order valence-electron chi connectivity index (χ4n) is 3.35. The van der Waals surface area contributed by atoms with Crippen LogP contribution in [0.15, 0.2) is 30.3 Å². The van der Waals surface area contributed by atoms with E-state index in [0.29, 0.717) is 5.91 Å². The van der Waals surface area contributed by atoms with Crippen molar-refractivity contribution in [3.8, 4) is 0 Å². The topological polar surface area (TPSA) is 29.5 Å². The first kappa shape index (κ1) is 14.6. The molecule has 0 aromatic heterocycles. The van der Waals surface area contributed by atoms with Gasteiger partial charge in [-0.15, -0.1) is 0 Å². The maximum atomic E-state index is 12.8. The molecule has 1 aromatic carbocycles. The molecule has 3 heteroatoms. The lowest BCUT2D eigenvalue weighted by Crippen LogP contribution is -2.37. The molecule has 1 aliphatic heterocycles. The van der Waals surface area contributed by atoms with Gasteiger partial charge in [-0.3, -0.25) is 4.79 Å². The van der Waals surface area contributed by atoms with Crippen molar-refractivity contribution in [2.24, 2.45) is 5.41 Å². The van der Waals surface area contributed by atoms with E-state index in [2.05, 4.69) is 38.1 Å². The van der Waals surface area contributed by atoms with Gasteiger partial charge in [-0.05, 0) is 45.1 Å². The summed E-state index contributed by atoms with van der Waals surface area (Å²) in [5.74, 6) is 0.348. The Kier molecular flexibility index (Phi) is 4.03. The molecule has 0 unspecified atom stereocenters. The Balaban J connectivity index is 1.60. The largest absolute Gasteiger partial charge is 0.374 e. The predicted molar refractivity (Wildman–Crippen MR) is 83.0 cm³/mol. The normalized spacial score (nSPS) is 23.6. The predicted octanol–water partition coefficient (Wildman–Crippen LogP) is 3.04. The number of hydrogen-bond donors (Lipinski definition) is 0. The molecule has 1 atom stereocenters. The Morgan fingerprint density at radius 1 is 1.33 bits per heavy atom.